The van der Waals surface area contributed by atoms with E-state index in [0.29, 0.717) is 13.0 Å². The standard InChI is InChI=1S/C26H36N4O7S/c1-6-8-14-27-26(32)22(7-2)28(17-20-11-9-10-19(3)15-20)25(31)18-29(38(5,35)36)23-16-21(30(33)34)12-13-24(23)37-4/h9-13,15-16,22H,6-8,14,17-18H2,1-5H3,(H,27,32). The SMILES string of the molecule is CCCCNC(=O)C(CC)N(Cc1cccc(C)c1)C(=O)CN(c1cc([N+](=O)[O-])ccc1OC)S(C)(=O)=O. The van der Waals surface area contributed by atoms with E-state index in [2.05, 4.69) is 5.32 Å². The number of rotatable bonds is 14. The number of carbonyl (C=O) groups is 2. The summed E-state index contributed by atoms with van der Waals surface area (Å²) in [4.78, 5) is 38.9. The van der Waals surface area contributed by atoms with Crippen LogP contribution in [0.25, 0.3) is 0 Å². The molecule has 0 heterocycles. The van der Waals surface area contributed by atoms with Gasteiger partial charge in [0.1, 0.15) is 24.0 Å². The Hall–Kier alpha value is -3.67. The van der Waals surface area contributed by atoms with E-state index in [1.165, 1.54) is 24.1 Å². The van der Waals surface area contributed by atoms with Crippen molar-refractivity contribution in [3.05, 3.63) is 63.7 Å². The monoisotopic (exact) mass is 548 g/mol. The molecule has 1 unspecified atom stereocenters. The molecule has 2 rings (SSSR count). The summed E-state index contributed by atoms with van der Waals surface area (Å²) in [6, 6.07) is 10.1. The fraction of sp³-hybridized carbons (Fsp3) is 0.462. The first kappa shape index (κ1) is 30.6. The van der Waals surface area contributed by atoms with Gasteiger partial charge in [0, 0.05) is 25.2 Å². The van der Waals surface area contributed by atoms with Crippen LogP contribution < -0.4 is 14.4 Å². The van der Waals surface area contributed by atoms with Gasteiger partial charge in [-0.2, -0.15) is 0 Å². The quantitative estimate of drug-likeness (QED) is 0.217. The number of non-ortho nitro benzene ring substituents is 1. The number of ether oxygens (including phenoxy) is 1. The molecule has 2 aromatic rings. The van der Waals surface area contributed by atoms with Crippen LogP contribution in [-0.4, -0.2) is 62.6 Å². The highest BCUT2D eigenvalue weighted by molar-refractivity contribution is 7.92. The predicted molar refractivity (Wildman–Crippen MR) is 146 cm³/mol. The van der Waals surface area contributed by atoms with Gasteiger partial charge in [0.05, 0.1) is 18.3 Å². The lowest BCUT2D eigenvalue weighted by molar-refractivity contribution is -0.384. The van der Waals surface area contributed by atoms with E-state index in [9.17, 15) is 28.1 Å². The van der Waals surface area contributed by atoms with Crippen molar-refractivity contribution < 1.29 is 27.7 Å². The molecule has 0 saturated carbocycles. The number of nitro groups is 1. The van der Waals surface area contributed by atoms with E-state index in [1.807, 2.05) is 38.1 Å². The first-order valence-electron chi connectivity index (χ1n) is 12.4. The number of benzene rings is 2. The zero-order chi connectivity index (χ0) is 28.5. The molecule has 0 aliphatic carbocycles. The fourth-order valence-electron chi connectivity index (χ4n) is 4.01. The van der Waals surface area contributed by atoms with Crippen molar-refractivity contribution in [1.29, 1.82) is 0 Å². The molecule has 12 heteroatoms. The van der Waals surface area contributed by atoms with Gasteiger partial charge in [-0.1, -0.05) is 50.1 Å². The Kier molecular flexibility index (Phi) is 11.1. The summed E-state index contributed by atoms with van der Waals surface area (Å²) in [6.45, 7) is 5.53. The Morgan fingerprint density at radius 1 is 1.16 bits per heavy atom. The molecule has 2 amide bonds. The normalized spacial score (nSPS) is 11.9. The van der Waals surface area contributed by atoms with Crippen LogP contribution in [0.2, 0.25) is 0 Å². The van der Waals surface area contributed by atoms with E-state index in [0.717, 1.165) is 40.6 Å². The number of nitrogens with zero attached hydrogens (tertiary/aromatic N) is 3. The molecule has 1 N–H and O–H groups in total. The van der Waals surface area contributed by atoms with Crippen LogP contribution >= 0.6 is 0 Å². The number of amides is 2. The average Bonchev–Trinajstić information content (AvgIpc) is 2.86. The van der Waals surface area contributed by atoms with Crippen molar-refractivity contribution in [2.45, 2.75) is 52.6 Å². The number of methoxy groups -OCH3 is 1. The van der Waals surface area contributed by atoms with Gasteiger partial charge in [-0.15, -0.1) is 0 Å². The van der Waals surface area contributed by atoms with Crippen molar-refractivity contribution in [3.63, 3.8) is 0 Å². The molecular formula is C26H36N4O7S. The minimum atomic E-state index is -4.09. The minimum Gasteiger partial charge on any atom is -0.495 e. The molecule has 0 spiro atoms. The van der Waals surface area contributed by atoms with Crippen LogP contribution in [0.5, 0.6) is 5.75 Å². The van der Waals surface area contributed by atoms with Crippen LogP contribution in [0, 0.1) is 17.0 Å². The van der Waals surface area contributed by atoms with Gasteiger partial charge in [-0.05, 0) is 31.4 Å². The number of aryl methyl sites for hydroxylation is 1. The van der Waals surface area contributed by atoms with Gasteiger partial charge in [-0.3, -0.25) is 24.0 Å². The molecule has 11 nitrogen and oxygen atoms in total. The zero-order valence-electron chi connectivity index (χ0n) is 22.5. The van der Waals surface area contributed by atoms with Crippen molar-refractivity contribution in [3.8, 4) is 5.75 Å². The number of nitrogens with one attached hydrogen (secondary N) is 1. The number of nitro benzene ring substituents is 1. The fourth-order valence-corrected chi connectivity index (χ4v) is 4.86. The maximum absolute atomic E-state index is 13.8. The third-order valence-corrected chi connectivity index (χ3v) is 7.10. The average molecular weight is 549 g/mol. The van der Waals surface area contributed by atoms with Crippen LogP contribution in [-0.2, 0) is 26.2 Å². The third kappa shape index (κ3) is 8.17. The Balaban J connectivity index is 2.53. The Bertz CT molecular complexity index is 1250. The van der Waals surface area contributed by atoms with E-state index in [-0.39, 0.29) is 29.6 Å². The summed E-state index contributed by atoms with van der Waals surface area (Å²) in [5, 5.41) is 14.2. The molecule has 2 aromatic carbocycles. The van der Waals surface area contributed by atoms with Gasteiger partial charge < -0.3 is 15.0 Å². The van der Waals surface area contributed by atoms with Gasteiger partial charge >= 0.3 is 0 Å². The maximum Gasteiger partial charge on any atom is 0.271 e. The molecule has 0 aromatic heterocycles. The van der Waals surface area contributed by atoms with Crippen molar-refractivity contribution >= 4 is 33.2 Å². The topological polar surface area (TPSA) is 139 Å². The van der Waals surface area contributed by atoms with Crippen LogP contribution in [0.3, 0.4) is 0 Å². The summed E-state index contributed by atoms with van der Waals surface area (Å²) in [5.41, 5.74) is 1.24. The largest absolute Gasteiger partial charge is 0.495 e. The smallest absolute Gasteiger partial charge is 0.271 e. The second kappa shape index (κ2) is 13.8. The molecule has 208 valence electrons. The van der Waals surface area contributed by atoms with Crippen LogP contribution in [0.1, 0.15) is 44.2 Å². The highest BCUT2D eigenvalue weighted by atomic mass is 32.2. The number of carbonyl (C=O) groups excluding carboxylic acids is 2. The lowest BCUT2D eigenvalue weighted by Gasteiger charge is -2.33. The summed E-state index contributed by atoms with van der Waals surface area (Å²) in [5.74, 6) is -0.924. The molecule has 38 heavy (non-hydrogen) atoms. The molecule has 0 aliphatic heterocycles. The van der Waals surface area contributed by atoms with Crippen LogP contribution in [0.15, 0.2) is 42.5 Å². The number of hydrogen-bond donors (Lipinski definition) is 1. The van der Waals surface area contributed by atoms with E-state index in [4.69, 9.17) is 4.74 Å². The summed E-state index contributed by atoms with van der Waals surface area (Å²) in [6.07, 6.45) is 2.87. The number of sulfonamides is 1. The summed E-state index contributed by atoms with van der Waals surface area (Å²) >= 11 is 0. The number of anilines is 1. The molecule has 0 bridgehead atoms. The molecule has 0 aliphatic rings. The van der Waals surface area contributed by atoms with Crippen LogP contribution in [0.4, 0.5) is 11.4 Å². The van der Waals surface area contributed by atoms with Crippen molar-refractivity contribution in [2.75, 3.05) is 30.8 Å². The Labute approximate surface area is 224 Å². The first-order valence-corrected chi connectivity index (χ1v) is 14.2. The van der Waals surface area contributed by atoms with Gasteiger partial charge in [0.15, 0.2) is 0 Å². The molecule has 0 fully saturated rings. The second-order valence-corrected chi connectivity index (χ2v) is 10.9. The Morgan fingerprint density at radius 3 is 2.42 bits per heavy atom. The van der Waals surface area contributed by atoms with Gasteiger partial charge in [0.2, 0.25) is 21.8 Å². The maximum atomic E-state index is 13.8. The molecule has 0 saturated heterocycles. The zero-order valence-corrected chi connectivity index (χ0v) is 23.3. The first-order chi connectivity index (χ1) is 17.9. The highest BCUT2D eigenvalue weighted by Gasteiger charge is 2.33. The number of hydrogen-bond acceptors (Lipinski definition) is 7. The van der Waals surface area contributed by atoms with Crippen molar-refractivity contribution in [1.82, 2.24) is 10.2 Å². The minimum absolute atomic E-state index is 0.0448. The lowest BCUT2D eigenvalue weighted by atomic mass is 10.1. The van der Waals surface area contributed by atoms with E-state index >= 15 is 0 Å². The highest BCUT2D eigenvalue weighted by Crippen LogP contribution is 2.34. The molecular weight excluding hydrogens is 512 g/mol. The number of unbranched alkanes of at least 4 members (excludes halogenated alkanes) is 1. The molecule has 1 atom stereocenters. The predicted octanol–water partition coefficient (Wildman–Crippen LogP) is 3.40. The second-order valence-electron chi connectivity index (χ2n) is 8.96. The van der Waals surface area contributed by atoms with Crippen molar-refractivity contribution in [2.24, 2.45) is 0 Å². The Morgan fingerprint density at radius 2 is 1.87 bits per heavy atom. The van der Waals surface area contributed by atoms with Gasteiger partial charge in [-0.25, -0.2) is 8.42 Å². The van der Waals surface area contributed by atoms with Gasteiger partial charge in [0.25, 0.3) is 5.69 Å². The molecule has 0 radical (unpaired) electrons. The third-order valence-electron chi connectivity index (χ3n) is 5.97. The van der Waals surface area contributed by atoms with E-state index < -0.39 is 33.4 Å². The lowest BCUT2D eigenvalue weighted by Crippen LogP contribution is -2.52. The summed E-state index contributed by atoms with van der Waals surface area (Å²) < 4.78 is 31.7. The van der Waals surface area contributed by atoms with E-state index in [1.54, 1.807) is 6.92 Å². The summed E-state index contributed by atoms with van der Waals surface area (Å²) in [7, 11) is -2.79.